The molecule has 0 aromatic heterocycles. The lowest BCUT2D eigenvalue weighted by molar-refractivity contribution is -0.126. The van der Waals surface area contributed by atoms with E-state index < -0.39 is 11.9 Å². The van der Waals surface area contributed by atoms with Gasteiger partial charge >= 0.3 is 0 Å². The third-order valence-electron chi connectivity index (χ3n) is 0.856. The molecule has 9 heavy (non-hydrogen) atoms. The molecule has 0 fully saturated rings. The van der Waals surface area contributed by atoms with E-state index in [1.54, 1.807) is 0 Å². The molecular weight excluding hydrogens is 120 g/mol. The highest BCUT2D eigenvalue weighted by molar-refractivity contribution is 5.99. The molecule has 0 saturated carbocycles. The van der Waals surface area contributed by atoms with E-state index in [0.717, 1.165) is 0 Å². The van der Waals surface area contributed by atoms with Crippen LogP contribution in [0.25, 0.3) is 0 Å². The number of nitrogens with two attached hydrogens (primary N) is 2. The minimum absolute atomic E-state index is 0.252. The topological polar surface area (TPSA) is 86.2 Å². The molecule has 4 heteroatoms. The van der Waals surface area contributed by atoms with Crippen molar-refractivity contribution in [2.24, 2.45) is 11.5 Å². The third-order valence-corrected chi connectivity index (χ3v) is 0.856. The quantitative estimate of drug-likeness (QED) is 0.469. The Morgan fingerprint density at radius 2 is 2.00 bits per heavy atom. The van der Waals surface area contributed by atoms with Crippen molar-refractivity contribution < 1.29 is 9.59 Å². The molecular formula is C5H10N2O2. The summed E-state index contributed by atoms with van der Waals surface area (Å²) >= 11 is 0. The lowest BCUT2D eigenvalue weighted by atomic mass is 10.2. The molecule has 1 unspecified atom stereocenters. The van der Waals surface area contributed by atoms with E-state index in [-0.39, 0.29) is 12.2 Å². The van der Waals surface area contributed by atoms with E-state index in [1.807, 2.05) is 0 Å². The van der Waals surface area contributed by atoms with Crippen LogP contribution in [0.4, 0.5) is 0 Å². The fourth-order valence-corrected chi connectivity index (χ4v) is 0.333. The SMILES string of the molecule is CC(N)C(=O)CC(N)=O. The number of carbonyl (C=O) groups is 2. The van der Waals surface area contributed by atoms with Gasteiger partial charge in [0.2, 0.25) is 5.91 Å². The maximum atomic E-state index is 10.5. The van der Waals surface area contributed by atoms with Gasteiger partial charge in [0.25, 0.3) is 0 Å². The van der Waals surface area contributed by atoms with Crippen molar-refractivity contribution in [3.05, 3.63) is 0 Å². The van der Waals surface area contributed by atoms with Crippen molar-refractivity contribution in [2.75, 3.05) is 0 Å². The Morgan fingerprint density at radius 3 is 2.11 bits per heavy atom. The average molecular weight is 130 g/mol. The first-order valence-corrected chi connectivity index (χ1v) is 2.60. The lowest BCUT2D eigenvalue weighted by Gasteiger charge is -1.98. The van der Waals surface area contributed by atoms with Crippen LogP contribution < -0.4 is 11.5 Å². The summed E-state index contributed by atoms with van der Waals surface area (Å²) in [5.41, 5.74) is 9.84. The first-order chi connectivity index (χ1) is 4.04. The second kappa shape index (κ2) is 3.19. The van der Waals surface area contributed by atoms with Gasteiger partial charge in [-0.1, -0.05) is 0 Å². The van der Waals surface area contributed by atoms with Gasteiger partial charge in [-0.05, 0) is 6.92 Å². The van der Waals surface area contributed by atoms with Gasteiger partial charge < -0.3 is 11.5 Å². The number of Topliss-reactive ketones (excluding diaryl/α,β-unsaturated/α-hetero) is 1. The van der Waals surface area contributed by atoms with Gasteiger partial charge in [-0.3, -0.25) is 9.59 Å². The highest BCUT2D eigenvalue weighted by Gasteiger charge is 2.09. The number of rotatable bonds is 3. The zero-order valence-electron chi connectivity index (χ0n) is 5.26. The van der Waals surface area contributed by atoms with Gasteiger partial charge in [0.1, 0.15) is 0 Å². The standard InChI is InChI=1S/C5H10N2O2/c1-3(6)4(8)2-5(7)9/h3H,2,6H2,1H3,(H2,7,9). The molecule has 1 amide bonds. The molecule has 0 aliphatic carbocycles. The summed E-state index contributed by atoms with van der Waals surface area (Å²) in [6.07, 6.45) is -0.252. The summed E-state index contributed by atoms with van der Waals surface area (Å²) < 4.78 is 0. The maximum Gasteiger partial charge on any atom is 0.224 e. The molecule has 4 N–H and O–H groups in total. The summed E-state index contributed by atoms with van der Waals surface area (Å²) in [5, 5.41) is 0. The molecule has 1 atom stereocenters. The Balaban J connectivity index is 3.64. The van der Waals surface area contributed by atoms with Crippen LogP contribution in [0.1, 0.15) is 13.3 Å². The van der Waals surface area contributed by atoms with Crippen LogP contribution in [0, 0.1) is 0 Å². The van der Waals surface area contributed by atoms with Crippen LogP contribution in [-0.4, -0.2) is 17.7 Å². The van der Waals surface area contributed by atoms with Gasteiger partial charge in [-0.2, -0.15) is 0 Å². The first kappa shape index (κ1) is 8.10. The Morgan fingerprint density at radius 1 is 1.56 bits per heavy atom. The van der Waals surface area contributed by atoms with E-state index in [9.17, 15) is 9.59 Å². The number of primary amides is 1. The summed E-state index contributed by atoms with van der Waals surface area (Å²) in [4.78, 5) is 20.6. The molecule has 0 aromatic carbocycles. The van der Waals surface area contributed by atoms with Crippen molar-refractivity contribution in [3.63, 3.8) is 0 Å². The summed E-state index contributed by atoms with van der Waals surface area (Å²) in [6.45, 7) is 1.52. The number of hydrogen-bond donors (Lipinski definition) is 2. The normalized spacial score (nSPS) is 12.7. The van der Waals surface area contributed by atoms with E-state index in [1.165, 1.54) is 6.92 Å². The van der Waals surface area contributed by atoms with Gasteiger partial charge in [0.05, 0.1) is 12.5 Å². The highest BCUT2D eigenvalue weighted by atomic mass is 16.2. The van der Waals surface area contributed by atoms with E-state index in [0.29, 0.717) is 0 Å². The summed E-state index contributed by atoms with van der Waals surface area (Å²) in [5.74, 6) is -0.945. The van der Waals surface area contributed by atoms with Crippen molar-refractivity contribution in [1.82, 2.24) is 0 Å². The van der Waals surface area contributed by atoms with Gasteiger partial charge in [0, 0.05) is 0 Å². The molecule has 0 rings (SSSR count). The lowest BCUT2D eigenvalue weighted by Crippen LogP contribution is -2.30. The number of hydrogen-bond acceptors (Lipinski definition) is 3. The molecule has 0 aliphatic heterocycles. The summed E-state index contributed by atoms with van der Waals surface area (Å²) in [7, 11) is 0. The van der Waals surface area contributed by atoms with Gasteiger partial charge in [-0.15, -0.1) is 0 Å². The van der Waals surface area contributed by atoms with Crippen molar-refractivity contribution >= 4 is 11.7 Å². The average Bonchev–Trinajstić information content (AvgIpc) is 1.63. The Bertz CT molecular complexity index is 131. The van der Waals surface area contributed by atoms with E-state index >= 15 is 0 Å². The molecule has 0 radical (unpaired) electrons. The molecule has 0 bridgehead atoms. The predicted molar refractivity (Wildman–Crippen MR) is 32.5 cm³/mol. The van der Waals surface area contributed by atoms with Crippen molar-refractivity contribution in [1.29, 1.82) is 0 Å². The fourth-order valence-electron chi connectivity index (χ4n) is 0.333. The van der Waals surface area contributed by atoms with Crippen LogP contribution in [0.3, 0.4) is 0 Å². The van der Waals surface area contributed by atoms with Crippen molar-refractivity contribution in [2.45, 2.75) is 19.4 Å². The Kier molecular flexibility index (Phi) is 2.87. The zero-order chi connectivity index (χ0) is 7.44. The second-order valence-corrected chi connectivity index (χ2v) is 1.90. The van der Waals surface area contributed by atoms with Crippen molar-refractivity contribution in [3.8, 4) is 0 Å². The molecule has 52 valence electrons. The first-order valence-electron chi connectivity index (χ1n) is 2.60. The predicted octanol–water partition coefficient (Wildman–Crippen LogP) is -1.22. The van der Waals surface area contributed by atoms with E-state index in [2.05, 4.69) is 0 Å². The van der Waals surface area contributed by atoms with Crippen LogP contribution in [0.15, 0.2) is 0 Å². The Labute approximate surface area is 53.2 Å². The third kappa shape index (κ3) is 3.66. The smallest absolute Gasteiger partial charge is 0.224 e. The zero-order valence-corrected chi connectivity index (χ0v) is 5.26. The fraction of sp³-hybridized carbons (Fsp3) is 0.600. The van der Waals surface area contributed by atoms with Gasteiger partial charge in [-0.25, -0.2) is 0 Å². The largest absolute Gasteiger partial charge is 0.369 e. The number of amides is 1. The summed E-state index contributed by atoms with van der Waals surface area (Å²) in [6, 6.07) is -0.586. The molecule has 0 aliphatic rings. The van der Waals surface area contributed by atoms with Crippen LogP contribution in [-0.2, 0) is 9.59 Å². The van der Waals surface area contributed by atoms with Crippen LogP contribution in [0.2, 0.25) is 0 Å². The molecule has 0 saturated heterocycles. The highest BCUT2D eigenvalue weighted by Crippen LogP contribution is 1.84. The number of ketones is 1. The van der Waals surface area contributed by atoms with Gasteiger partial charge in [0.15, 0.2) is 5.78 Å². The molecule has 0 spiro atoms. The minimum atomic E-state index is -0.627. The minimum Gasteiger partial charge on any atom is -0.369 e. The maximum absolute atomic E-state index is 10.5. The van der Waals surface area contributed by atoms with E-state index in [4.69, 9.17) is 11.5 Å². The molecule has 0 heterocycles. The monoisotopic (exact) mass is 130 g/mol. The second-order valence-electron chi connectivity index (χ2n) is 1.90. The number of carbonyl (C=O) groups excluding carboxylic acids is 2. The molecule has 4 nitrogen and oxygen atoms in total. The Hall–Kier alpha value is -0.900. The van der Waals surface area contributed by atoms with Crippen LogP contribution in [0.5, 0.6) is 0 Å². The molecule has 0 aromatic rings. The van der Waals surface area contributed by atoms with Crippen LogP contribution >= 0.6 is 0 Å².